The molecule has 0 saturated heterocycles. The van der Waals surface area contributed by atoms with Gasteiger partial charge in [-0.05, 0) is 29.8 Å². The number of anilines is 1. The topological polar surface area (TPSA) is 77.2 Å². The molecule has 146 valence electrons. The summed E-state index contributed by atoms with van der Waals surface area (Å²) in [5.74, 6) is 1.01. The predicted molar refractivity (Wildman–Crippen MR) is 111 cm³/mol. The molecular formula is C18H14Cl3N3O3S. The van der Waals surface area contributed by atoms with Crippen LogP contribution in [0, 0.1) is 0 Å². The molecule has 0 saturated carbocycles. The molecule has 0 aliphatic carbocycles. The van der Waals surface area contributed by atoms with Crippen LogP contribution in [0.2, 0.25) is 15.1 Å². The van der Waals surface area contributed by atoms with Crippen molar-refractivity contribution in [2.45, 2.75) is 11.6 Å². The molecule has 6 nitrogen and oxygen atoms in total. The summed E-state index contributed by atoms with van der Waals surface area (Å²) in [7, 11) is 1.61. The second kappa shape index (κ2) is 9.52. The molecule has 1 N–H and O–H groups in total. The number of carbonyl (C=O) groups is 1. The van der Waals surface area contributed by atoms with Crippen LogP contribution in [0.1, 0.15) is 11.5 Å². The van der Waals surface area contributed by atoms with Gasteiger partial charge in [-0.25, -0.2) is 0 Å². The van der Waals surface area contributed by atoms with Crippen LogP contribution < -0.4 is 10.1 Å². The first-order valence-electron chi connectivity index (χ1n) is 7.97. The van der Waals surface area contributed by atoms with Gasteiger partial charge in [-0.1, -0.05) is 58.7 Å². The highest BCUT2D eigenvalue weighted by atomic mass is 35.5. The van der Waals surface area contributed by atoms with Crippen molar-refractivity contribution < 1.29 is 13.9 Å². The van der Waals surface area contributed by atoms with Gasteiger partial charge in [0.25, 0.3) is 5.22 Å². The summed E-state index contributed by atoms with van der Waals surface area (Å²) in [6.45, 7) is 0. The monoisotopic (exact) mass is 457 g/mol. The lowest BCUT2D eigenvalue weighted by Gasteiger charge is -2.07. The van der Waals surface area contributed by atoms with Gasteiger partial charge >= 0.3 is 0 Å². The lowest BCUT2D eigenvalue weighted by atomic mass is 10.1. The fourth-order valence-electron chi connectivity index (χ4n) is 2.22. The molecule has 1 aromatic heterocycles. The van der Waals surface area contributed by atoms with Crippen molar-refractivity contribution in [1.82, 2.24) is 10.2 Å². The summed E-state index contributed by atoms with van der Waals surface area (Å²) < 4.78 is 10.7. The van der Waals surface area contributed by atoms with Crippen LogP contribution in [-0.4, -0.2) is 29.0 Å². The van der Waals surface area contributed by atoms with Crippen molar-refractivity contribution in [2.24, 2.45) is 0 Å². The van der Waals surface area contributed by atoms with Crippen molar-refractivity contribution in [2.75, 3.05) is 18.2 Å². The Balaban J connectivity index is 1.53. The number of nitrogens with one attached hydrogen (secondary N) is 1. The van der Waals surface area contributed by atoms with Gasteiger partial charge in [-0.2, -0.15) is 0 Å². The zero-order valence-corrected chi connectivity index (χ0v) is 17.6. The Morgan fingerprint density at radius 3 is 2.54 bits per heavy atom. The number of amides is 1. The van der Waals surface area contributed by atoms with Crippen molar-refractivity contribution >= 4 is 58.2 Å². The Kier molecular flexibility index (Phi) is 7.07. The van der Waals surface area contributed by atoms with Gasteiger partial charge in [-0.3, -0.25) is 4.79 Å². The molecule has 0 spiro atoms. The normalized spacial score (nSPS) is 10.7. The van der Waals surface area contributed by atoms with E-state index in [1.165, 1.54) is 12.1 Å². The lowest BCUT2D eigenvalue weighted by Crippen LogP contribution is -2.14. The minimum Gasteiger partial charge on any atom is -0.497 e. The van der Waals surface area contributed by atoms with E-state index < -0.39 is 0 Å². The van der Waals surface area contributed by atoms with E-state index in [0.717, 1.165) is 23.1 Å². The van der Waals surface area contributed by atoms with Crippen molar-refractivity contribution in [3.05, 3.63) is 62.9 Å². The van der Waals surface area contributed by atoms with Gasteiger partial charge in [0.05, 0.1) is 40.0 Å². The highest BCUT2D eigenvalue weighted by molar-refractivity contribution is 7.99. The number of aromatic nitrogens is 2. The van der Waals surface area contributed by atoms with E-state index in [4.69, 9.17) is 44.0 Å². The lowest BCUT2D eigenvalue weighted by molar-refractivity contribution is -0.113. The smallest absolute Gasteiger partial charge is 0.277 e. The average Bonchev–Trinajstić information content (AvgIpc) is 3.12. The van der Waals surface area contributed by atoms with Crippen LogP contribution in [0.5, 0.6) is 5.75 Å². The molecule has 0 radical (unpaired) electrons. The molecule has 0 aliphatic heterocycles. The Morgan fingerprint density at radius 2 is 1.82 bits per heavy atom. The third kappa shape index (κ3) is 5.54. The summed E-state index contributed by atoms with van der Waals surface area (Å²) in [6.07, 6.45) is 0.489. The zero-order chi connectivity index (χ0) is 20.1. The Labute approximate surface area is 180 Å². The molecule has 3 aromatic rings. The second-order valence-corrected chi connectivity index (χ2v) is 7.72. The number of ether oxygens (including phenoxy) is 1. The highest BCUT2D eigenvalue weighted by Crippen LogP contribution is 2.32. The molecule has 10 heteroatoms. The molecule has 0 aliphatic rings. The van der Waals surface area contributed by atoms with E-state index in [0.29, 0.717) is 38.3 Å². The number of hydrogen-bond acceptors (Lipinski definition) is 6. The molecular weight excluding hydrogens is 445 g/mol. The summed E-state index contributed by atoms with van der Waals surface area (Å²) in [5.41, 5.74) is 1.39. The second-order valence-electron chi connectivity index (χ2n) is 5.57. The summed E-state index contributed by atoms with van der Waals surface area (Å²) in [6, 6.07) is 10.5. The molecule has 2 aromatic carbocycles. The number of thioether (sulfide) groups is 1. The van der Waals surface area contributed by atoms with E-state index in [1.807, 2.05) is 24.3 Å². The van der Waals surface area contributed by atoms with E-state index in [9.17, 15) is 4.79 Å². The van der Waals surface area contributed by atoms with Gasteiger partial charge in [0, 0.05) is 0 Å². The Bertz CT molecular complexity index is 980. The first-order valence-corrected chi connectivity index (χ1v) is 10.1. The molecule has 0 unspecified atom stereocenters. The zero-order valence-electron chi connectivity index (χ0n) is 14.5. The Morgan fingerprint density at radius 1 is 1.11 bits per heavy atom. The Hall–Kier alpha value is -1.93. The van der Waals surface area contributed by atoms with Gasteiger partial charge in [-0.15, -0.1) is 10.2 Å². The van der Waals surface area contributed by atoms with Crippen molar-refractivity contribution in [3.63, 3.8) is 0 Å². The summed E-state index contributed by atoms with van der Waals surface area (Å²) >= 11 is 19.0. The molecule has 1 amide bonds. The summed E-state index contributed by atoms with van der Waals surface area (Å²) in [5, 5.41) is 11.8. The molecule has 0 bridgehead atoms. The maximum absolute atomic E-state index is 12.1. The van der Waals surface area contributed by atoms with Crippen LogP contribution in [0.4, 0.5) is 5.69 Å². The first kappa shape index (κ1) is 20.8. The van der Waals surface area contributed by atoms with Gasteiger partial charge < -0.3 is 14.5 Å². The third-order valence-corrected chi connectivity index (χ3v) is 5.43. The first-order chi connectivity index (χ1) is 13.4. The van der Waals surface area contributed by atoms with E-state index in [2.05, 4.69) is 15.5 Å². The molecule has 0 fully saturated rings. The third-order valence-electron chi connectivity index (χ3n) is 3.57. The van der Waals surface area contributed by atoms with Gasteiger partial charge in [0.15, 0.2) is 0 Å². The fourth-order valence-corrected chi connectivity index (χ4v) is 3.39. The minimum atomic E-state index is -0.291. The van der Waals surface area contributed by atoms with E-state index in [-0.39, 0.29) is 11.7 Å². The van der Waals surface area contributed by atoms with E-state index >= 15 is 0 Å². The maximum atomic E-state index is 12.1. The maximum Gasteiger partial charge on any atom is 0.277 e. The molecule has 1 heterocycles. The quantitative estimate of drug-likeness (QED) is 0.379. The van der Waals surface area contributed by atoms with Crippen LogP contribution >= 0.6 is 46.6 Å². The number of methoxy groups -OCH3 is 1. The van der Waals surface area contributed by atoms with E-state index in [1.54, 1.807) is 7.11 Å². The number of hydrogen-bond donors (Lipinski definition) is 1. The van der Waals surface area contributed by atoms with Gasteiger partial charge in [0.1, 0.15) is 5.75 Å². The van der Waals surface area contributed by atoms with Gasteiger partial charge in [0.2, 0.25) is 11.8 Å². The number of carbonyl (C=O) groups excluding carboxylic acids is 1. The molecule has 3 rings (SSSR count). The fraction of sp³-hybridized carbons (Fsp3) is 0.167. The van der Waals surface area contributed by atoms with Crippen molar-refractivity contribution in [1.29, 1.82) is 0 Å². The van der Waals surface area contributed by atoms with Crippen LogP contribution in [-0.2, 0) is 11.2 Å². The SMILES string of the molecule is COc1ccc(Cc2nnc(SCC(=O)Nc3cc(Cl)c(Cl)cc3Cl)o2)cc1. The molecule has 28 heavy (non-hydrogen) atoms. The van der Waals surface area contributed by atoms with Crippen molar-refractivity contribution in [3.8, 4) is 5.75 Å². The number of benzene rings is 2. The minimum absolute atomic E-state index is 0.0702. The average molecular weight is 459 g/mol. The predicted octanol–water partition coefficient (Wildman–Crippen LogP) is 5.36. The standard InChI is InChI=1S/C18H14Cl3N3O3S/c1-26-11-4-2-10(3-5-11)6-17-23-24-18(27-17)28-9-16(25)22-15-8-13(20)12(19)7-14(15)21/h2-5,7-8H,6,9H2,1H3,(H,22,25). The number of rotatable bonds is 7. The van der Waals surface area contributed by atoms with Crippen LogP contribution in [0.15, 0.2) is 46.0 Å². The number of halogens is 3. The highest BCUT2D eigenvalue weighted by Gasteiger charge is 2.13. The molecule has 0 atom stereocenters. The van der Waals surface area contributed by atoms with Crippen LogP contribution in [0.25, 0.3) is 0 Å². The summed E-state index contributed by atoms with van der Waals surface area (Å²) in [4.78, 5) is 12.1. The largest absolute Gasteiger partial charge is 0.497 e. The van der Waals surface area contributed by atoms with Crippen LogP contribution in [0.3, 0.4) is 0 Å². The number of nitrogens with zero attached hydrogens (tertiary/aromatic N) is 2.